The Morgan fingerprint density at radius 2 is 2.38 bits per heavy atom. The van der Waals surface area contributed by atoms with E-state index in [9.17, 15) is 9.59 Å². The van der Waals surface area contributed by atoms with Gasteiger partial charge >= 0.3 is 5.97 Å². The van der Waals surface area contributed by atoms with Crippen LogP contribution in [0, 0.1) is 0 Å². The highest BCUT2D eigenvalue weighted by Gasteiger charge is 2.19. The molecule has 0 aromatic carbocycles. The number of halogens is 1. The summed E-state index contributed by atoms with van der Waals surface area (Å²) in [5.41, 5.74) is 0. The van der Waals surface area contributed by atoms with E-state index in [4.69, 9.17) is 0 Å². The molecule has 5 nitrogen and oxygen atoms in total. The normalized spacial score (nSPS) is 16.4. The molecular weight excluding hydrogens is 196 g/mol. The van der Waals surface area contributed by atoms with Crippen LogP contribution in [-0.4, -0.2) is 50.1 Å². The second-order valence-corrected chi connectivity index (χ2v) is 2.57. The summed E-state index contributed by atoms with van der Waals surface area (Å²) in [6.07, 6.45) is 0. The minimum atomic E-state index is -0.370. The maximum absolute atomic E-state index is 11.1. The highest BCUT2D eigenvalue weighted by Crippen LogP contribution is 1.94. The molecule has 1 heterocycles. The molecule has 1 rings (SSSR count). The van der Waals surface area contributed by atoms with Crippen molar-refractivity contribution in [3.8, 4) is 0 Å². The van der Waals surface area contributed by atoms with E-state index < -0.39 is 0 Å². The average molecular weight is 209 g/mol. The first-order chi connectivity index (χ1) is 5.74. The SMILES string of the molecule is COC(=O)CN1CCNCC1=O.Cl. The molecule has 0 atom stereocenters. The molecule has 0 unspecified atom stereocenters. The zero-order valence-corrected chi connectivity index (χ0v) is 8.23. The number of esters is 1. The van der Waals surface area contributed by atoms with Gasteiger partial charge in [-0.1, -0.05) is 0 Å². The monoisotopic (exact) mass is 208 g/mol. The zero-order chi connectivity index (χ0) is 8.97. The highest BCUT2D eigenvalue weighted by atomic mass is 35.5. The van der Waals surface area contributed by atoms with Crippen molar-refractivity contribution < 1.29 is 14.3 Å². The van der Waals surface area contributed by atoms with Crippen LogP contribution >= 0.6 is 12.4 Å². The predicted molar refractivity (Wildman–Crippen MR) is 48.7 cm³/mol. The Balaban J connectivity index is 0.00000144. The number of piperazine rings is 1. The van der Waals surface area contributed by atoms with E-state index in [0.717, 1.165) is 6.54 Å². The van der Waals surface area contributed by atoms with Gasteiger partial charge in [0, 0.05) is 13.1 Å². The second kappa shape index (κ2) is 5.77. The summed E-state index contributed by atoms with van der Waals surface area (Å²) in [6.45, 7) is 1.70. The van der Waals surface area contributed by atoms with E-state index in [-0.39, 0.29) is 30.8 Å². The van der Waals surface area contributed by atoms with Crippen LogP contribution < -0.4 is 5.32 Å². The van der Waals surface area contributed by atoms with Crippen molar-refractivity contribution in [3.63, 3.8) is 0 Å². The summed E-state index contributed by atoms with van der Waals surface area (Å²) in [5, 5.41) is 2.91. The number of amides is 1. The molecule has 0 aromatic rings. The number of methoxy groups -OCH3 is 1. The number of nitrogens with zero attached hydrogens (tertiary/aromatic N) is 1. The van der Waals surface area contributed by atoms with Crippen molar-refractivity contribution in [2.75, 3.05) is 33.3 Å². The van der Waals surface area contributed by atoms with Gasteiger partial charge < -0.3 is 15.0 Å². The number of carbonyl (C=O) groups is 2. The second-order valence-electron chi connectivity index (χ2n) is 2.57. The number of rotatable bonds is 2. The van der Waals surface area contributed by atoms with Gasteiger partial charge in [-0.15, -0.1) is 12.4 Å². The third-order valence-corrected chi connectivity index (χ3v) is 1.74. The molecule has 0 saturated carbocycles. The van der Waals surface area contributed by atoms with Crippen molar-refractivity contribution >= 4 is 24.3 Å². The first-order valence-corrected chi connectivity index (χ1v) is 3.79. The van der Waals surface area contributed by atoms with Crippen LogP contribution in [0.5, 0.6) is 0 Å². The Kier molecular flexibility index (Phi) is 5.41. The van der Waals surface area contributed by atoms with Gasteiger partial charge in [-0.25, -0.2) is 0 Å². The molecule has 1 aliphatic heterocycles. The Labute approximate surface area is 82.8 Å². The van der Waals surface area contributed by atoms with Gasteiger partial charge in [-0.2, -0.15) is 0 Å². The lowest BCUT2D eigenvalue weighted by Crippen LogP contribution is -2.49. The van der Waals surface area contributed by atoms with Gasteiger partial charge in [0.1, 0.15) is 6.54 Å². The molecule has 1 fully saturated rings. The molecule has 6 heteroatoms. The largest absolute Gasteiger partial charge is 0.468 e. The van der Waals surface area contributed by atoms with Crippen LogP contribution in [0.2, 0.25) is 0 Å². The van der Waals surface area contributed by atoms with Crippen molar-refractivity contribution in [1.29, 1.82) is 0 Å². The van der Waals surface area contributed by atoms with E-state index in [2.05, 4.69) is 10.1 Å². The quantitative estimate of drug-likeness (QED) is 0.593. The highest BCUT2D eigenvalue weighted by molar-refractivity contribution is 5.85. The maximum Gasteiger partial charge on any atom is 0.325 e. The minimum Gasteiger partial charge on any atom is -0.468 e. The molecule has 1 aliphatic rings. The Bertz CT molecular complexity index is 198. The van der Waals surface area contributed by atoms with Gasteiger partial charge in [-0.3, -0.25) is 9.59 Å². The van der Waals surface area contributed by atoms with E-state index in [1.54, 1.807) is 0 Å². The van der Waals surface area contributed by atoms with E-state index in [1.807, 2.05) is 0 Å². The first kappa shape index (κ1) is 12.2. The van der Waals surface area contributed by atoms with Gasteiger partial charge in [-0.05, 0) is 0 Å². The van der Waals surface area contributed by atoms with E-state index >= 15 is 0 Å². The smallest absolute Gasteiger partial charge is 0.325 e. The lowest BCUT2D eigenvalue weighted by Gasteiger charge is -2.25. The molecule has 1 saturated heterocycles. The molecule has 0 bridgehead atoms. The van der Waals surface area contributed by atoms with Gasteiger partial charge in [0.2, 0.25) is 5.91 Å². The molecule has 0 aromatic heterocycles. The van der Waals surface area contributed by atoms with Crippen LogP contribution in [-0.2, 0) is 14.3 Å². The average Bonchev–Trinajstić information content (AvgIpc) is 2.09. The van der Waals surface area contributed by atoms with Gasteiger partial charge in [0.05, 0.1) is 13.7 Å². The molecule has 0 radical (unpaired) electrons. The fourth-order valence-electron chi connectivity index (χ4n) is 1.03. The fourth-order valence-corrected chi connectivity index (χ4v) is 1.03. The lowest BCUT2D eigenvalue weighted by molar-refractivity contribution is -0.147. The lowest BCUT2D eigenvalue weighted by atomic mass is 10.3. The Morgan fingerprint density at radius 1 is 1.69 bits per heavy atom. The number of ether oxygens (including phenoxy) is 1. The number of nitrogens with one attached hydrogen (secondary N) is 1. The van der Waals surface area contributed by atoms with Crippen molar-refractivity contribution in [1.82, 2.24) is 10.2 Å². The summed E-state index contributed by atoms with van der Waals surface area (Å²) in [5.74, 6) is -0.420. The predicted octanol–water partition coefficient (Wildman–Crippen LogP) is -0.987. The summed E-state index contributed by atoms with van der Waals surface area (Å²) >= 11 is 0. The topological polar surface area (TPSA) is 58.6 Å². The van der Waals surface area contributed by atoms with Crippen LogP contribution in [0.25, 0.3) is 0 Å². The standard InChI is InChI=1S/C7H12N2O3.ClH/c1-12-7(11)5-9-3-2-8-4-6(9)10;/h8H,2-5H2,1H3;1H. The molecular formula is C7H13ClN2O3. The van der Waals surface area contributed by atoms with Crippen molar-refractivity contribution in [2.24, 2.45) is 0 Å². The van der Waals surface area contributed by atoms with E-state index in [1.165, 1.54) is 12.0 Å². The number of hydrogen-bond donors (Lipinski definition) is 1. The van der Waals surface area contributed by atoms with Crippen LogP contribution in [0.4, 0.5) is 0 Å². The third-order valence-electron chi connectivity index (χ3n) is 1.74. The summed E-state index contributed by atoms with van der Waals surface area (Å²) in [6, 6.07) is 0. The summed E-state index contributed by atoms with van der Waals surface area (Å²) in [4.78, 5) is 23.4. The molecule has 1 amide bonds. The third kappa shape index (κ3) is 3.61. The van der Waals surface area contributed by atoms with Gasteiger partial charge in [0.15, 0.2) is 0 Å². The molecule has 1 N–H and O–H groups in total. The molecule has 13 heavy (non-hydrogen) atoms. The zero-order valence-electron chi connectivity index (χ0n) is 7.41. The number of hydrogen-bond acceptors (Lipinski definition) is 4. The molecule has 76 valence electrons. The summed E-state index contributed by atoms with van der Waals surface area (Å²) < 4.78 is 4.45. The summed E-state index contributed by atoms with van der Waals surface area (Å²) in [7, 11) is 1.31. The fraction of sp³-hybridized carbons (Fsp3) is 0.714. The first-order valence-electron chi connectivity index (χ1n) is 3.79. The van der Waals surface area contributed by atoms with Crippen LogP contribution in [0.3, 0.4) is 0 Å². The van der Waals surface area contributed by atoms with E-state index in [0.29, 0.717) is 13.1 Å². The molecule has 0 spiro atoms. The Morgan fingerprint density at radius 3 is 2.92 bits per heavy atom. The van der Waals surface area contributed by atoms with Crippen molar-refractivity contribution in [2.45, 2.75) is 0 Å². The van der Waals surface area contributed by atoms with Crippen LogP contribution in [0.15, 0.2) is 0 Å². The number of carbonyl (C=O) groups excluding carboxylic acids is 2. The van der Waals surface area contributed by atoms with Crippen LogP contribution in [0.1, 0.15) is 0 Å². The molecule has 0 aliphatic carbocycles. The Hall–Kier alpha value is -0.810. The maximum atomic E-state index is 11.1. The van der Waals surface area contributed by atoms with Gasteiger partial charge in [0.25, 0.3) is 0 Å². The minimum absolute atomic E-state index is 0. The van der Waals surface area contributed by atoms with Crippen molar-refractivity contribution in [3.05, 3.63) is 0 Å².